The monoisotopic (exact) mass is 473 g/mol. The van der Waals surface area contributed by atoms with E-state index in [4.69, 9.17) is 28.1 Å². The maximum Gasteiger partial charge on any atom is 0.267 e. The second-order valence-electron chi connectivity index (χ2n) is 8.08. The third-order valence-corrected chi connectivity index (χ3v) is 6.35. The smallest absolute Gasteiger partial charge is 0.267 e. The minimum atomic E-state index is -0.396. The van der Waals surface area contributed by atoms with Crippen LogP contribution in [0.1, 0.15) is 37.2 Å². The predicted molar refractivity (Wildman–Crippen MR) is 130 cm³/mol. The maximum absolute atomic E-state index is 13.8. The third kappa shape index (κ3) is 3.38. The summed E-state index contributed by atoms with van der Waals surface area (Å²) in [6.07, 6.45) is 4.66. The zero-order chi connectivity index (χ0) is 24.0. The van der Waals surface area contributed by atoms with Gasteiger partial charge in [-0.25, -0.2) is 4.98 Å². The number of nitrogens with two attached hydrogens (primary N) is 2. The van der Waals surface area contributed by atoms with Gasteiger partial charge < -0.3 is 16.4 Å². The number of nitrogen functional groups attached to an aromatic ring is 2. The van der Waals surface area contributed by atoms with E-state index in [1.165, 1.54) is 4.57 Å². The number of nitriles is 1. The molecule has 0 bridgehead atoms. The highest BCUT2D eigenvalue weighted by Crippen LogP contribution is 2.41. The molecule has 1 saturated heterocycles. The van der Waals surface area contributed by atoms with Gasteiger partial charge in [-0.05, 0) is 44.0 Å². The molecule has 10 nitrogen and oxygen atoms in total. The lowest BCUT2D eigenvalue weighted by Gasteiger charge is -2.31. The molecule has 0 radical (unpaired) electrons. The van der Waals surface area contributed by atoms with Gasteiger partial charge in [-0.15, -0.1) is 0 Å². The summed E-state index contributed by atoms with van der Waals surface area (Å²) < 4.78 is 1.52. The number of hydrogen-bond donors (Lipinski definition) is 2. The van der Waals surface area contributed by atoms with Crippen LogP contribution in [0.5, 0.6) is 0 Å². The van der Waals surface area contributed by atoms with E-state index in [0.717, 1.165) is 6.42 Å². The molecule has 1 aliphatic rings. The van der Waals surface area contributed by atoms with Gasteiger partial charge in [0, 0.05) is 12.2 Å². The predicted octanol–water partition coefficient (Wildman–Crippen LogP) is 2.99. The molecule has 5 rings (SSSR count). The van der Waals surface area contributed by atoms with E-state index < -0.39 is 6.04 Å². The summed E-state index contributed by atoms with van der Waals surface area (Å²) in [7, 11) is 0. The topological polar surface area (TPSA) is 153 Å². The van der Waals surface area contributed by atoms with Gasteiger partial charge in [-0.1, -0.05) is 17.7 Å². The summed E-state index contributed by atoms with van der Waals surface area (Å²) in [4.78, 5) is 33.1. The molecule has 0 aliphatic carbocycles. The fourth-order valence-electron chi connectivity index (χ4n) is 4.54. The Kier molecular flexibility index (Phi) is 5.26. The van der Waals surface area contributed by atoms with Crippen molar-refractivity contribution in [2.45, 2.75) is 31.8 Å². The van der Waals surface area contributed by atoms with Gasteiger partial charge in [0.2, 0.25) is 5.95 Å². The van der Waals surface area contributed by atoms with E-state index in [-0.39, 0.29) is 28.9 Å². The van der Waals surface area contributed by atoms with Crippen LogP contribution < -0.4 is 21.9 Å². The number of rotatable bonds is 3. The SMILES string of the molecule is C[C@H]1CC[C@@H](c2nc3cccc(Cl)c3c(=O)n2-c2cccnc2)N1c1nc(N)nc(N)c1C#N. The Morgan fingerprint density at radius 2 is 1.97 bits per heavy atom. The minimum Gasteiger partial charge on any atom is -0.382 e. The van der Waals surface area contributed by atoms with Gasteiger partial charge in [0.15, 0.2) is 5.82 Å². The van der Waals surface area contributed by atoms with E-state index in [2.05, 4.69) is 21.0 Å². The Hall–Kier alpha value is -4.23. The van der Waals surface area contributed by atoms with Gasteiger partial charge in [-0.3, -0.25) is 14.3 Å². The van der Waals surface area contributed by atoms with Gasteiger partial charge in [-0.2, -0.15) is 15.2 Å². The molecule has 4 heterocycles. The zero-order valence-electron chi connectivity index (χ0n) is 18.2. The summed E-state index contributed by atoms with van der Waals surface area (Å²) in [6.45, 7) is 2.01. The molecule has 0 amide bonds. The summed E-state index contributed by atoms with van der Waals surface area (Å²) in [5.74, 6) is 0.774. The van der Waals surface area contributed by atoms with Crippen molar-refractivity contribution in [3.05, 3.63) is 69.5 Å². The number of hydrogen-bond acceptors (Lipinski definition) is 9. The van der Waals surface area contributed by atoms with E-state index in [0.29, 0.717) is 39.7 Å². The van der Waals surface area contributed by atoms with Crippen molar-refractivity contribution in [1.29, 1.82) is 5.26 Å². The Labute approximate surface area is 199 Å². The lowest BCUT2D eigenvalue weighted by Crippen LogP contribution is -2.36. The van der Waals surface area contributed by atoms with Gasteiger partial charge in [0.1, 0.15) is 23.3 Å². The summed E-state index contributed by atoms with van der Waals surface area (Å²) >= 11 is 6.40. The number of anilines is 3. The van der Waals surface area contributed by atoms with Crippen LogP contribution in [0.4, 0.5) is 17.6 Å². The molecule has 34 heavy (non-hydrogen) atoms. The first-order valence-corrected chi connectivity index (χ1v) is 11.0. The fourth-order valence-corrected chi connectivity index (χ4v) is 4.79. The Bertz CT molecular complexity index is 1510. The van der Waals surface area contributed by atoms with Crippen LogP contribution in [0.15, 0.2) is 47.5 Å². The van der Waals surface area contributed by atoms with Crippen molar-refractivity contribution in [1.82, 2.24) is 24.5 Å². The van der Waals surface area contributed by atoms with Crippen molar-refractivity contribution in [2.75, 3.05) is 16.4 Å². The van der Waals surface area contributed by atoms with Crippen LogP contribution in [-0.4, -0.2) is 30.5 Å². The molecule has 2 atom stereocenters. The molecule has 3 aromatic heterocycles. The van der Waals surface area contributed by atoms with E-state index in [9.17, 15) is 10.1 Å². The molecule has 1 fully saturated rings. The lowest BCUT2D eigenvalue weighted by atomic mass is 10.1. The fraction of sp³-hybridized carbons (Fsp3) is 0.217. The minimum absolute atomic E-state index is 0.00533. The van der Waals surface area contributed by atoms with Gasteiger partial charge >= 0.3 is 0 Å². The molecule has 4 N–H and O–H groups in total. The van der Waals surface area contributed by atoms with Gasteiger partial charge in [0.25, 0.3) is 5.56 Å². The third-order valence-electron chi connectivity index (χ3n) is 6.03. The van der Waals surface area contributed by atoms with Crippen molar-refractivity contribution in [3.63, 3.8) is 0 Å². The highest BCUT2D eigenvalue weighted by atomic mass is 35.5. The van der Waals surface area contributed by atoms with Crippen molar-refractivity contribution >= 4 is 40.1 Å². The maximum atomic E-state index is 13.8. The number of pyridine rings is 1. The van der Waals surface area contributed by atoms with Crippen molar-refractivity contribution in [2.24, 2.45) is 0 Å². The zero-order valence-corrected chi connectivity index (χ0v) is 18.9. The molecule has 1 aromatic carbocycles. The van der Waals surface area contributed by atoms with Crippen LogP contribution in [0, 0.1) is 11.3 Å². The average molecular weight is 474 g/mol. The second-order valence-corrected chi connectivity index (χ2v) is 8.49. The molecule has 0 saturated carbocycles. The molecular weight excluding hydrogens is 454 g/mol. The van der Waals surface area contributed by atoms with Crippen LogP contribution in [0.25, 0.3) is 16.6 Å². The van der Waals surface area contributed by atoms with Crippen LogP contribution in [0.2, 0.25) is 5.02 Å². The van der Waals surface area contributed by atoms with Crippen LogP contribution >= 0.6 is 11.6 Å². The number of aromatic nitrogens is 5. The van der Waals surface area contributed by atoms with Crippen LogP contribution in [-0.2, 0) is 0 Å². The van der Waals surface area contributed by atoms with E-state index in [1.807, 2.05) is 11.8 Å². The first-order valence-electron chi connectivity index (χ1n) is 10.6. The first kappa shape index (κ1) is 21.6. The highest BCUT2D eigenvalue weighted by molar-refractivity contribution is 6.35. The van der Waals surface area contributed by atoms with Crippen LogP contribution in [0.3, 0.4) is 0 Å². The normalized spacial score (nSPS) is 17.7. The molecule has 1 aliphatic heterocycles. The van der Waals surface area contributed by atoms with Crippen molar-refractivity contribution in [3.8, 4) is 11.8 Å². The largest absolute Gasteiger partial charge is 0.382 e. The summed E-state index contributed by atoms with van der Waals surface area (Å²) in [6, 6.07) is 10.4. The van der Waals surface area contributed by atoms with E-state index >= 15 is 0 Å². The number of benzene rings is 1. The highest BCUT2D eigenvalue weighted by Gasteiger charge is 2.38. The Balaban J connectivity index is 1.81. The summed E-state index contributed by atoms with van der Waals surface area (Å²) in [5, 5.41) is 10.4. The number of nitrogens with zero attached hydrogens (tertiary/aromatic N) is 7. The molecule has 0 unspecified atom stereocenters. The Morgan fingerprint density at radius 3 is 2.71 bits per heavy atom. The summed E-state index contributed by atoms with van der Waals surface area (Å²) in [5.41, 5.74) is 12.7. The number of fused-ring (bicyclic) bond motifs is 1. The average Bonchev–Trinajstić information content (AvgIpc) is 3.20. The molecular formula is C23H20ClN9O. The molecule has 170 valence electrons. The second kappa shape index (κ2) is 8.28. The first-order chi connectivity index (χ1) is 16.4. The molecule has 0 spiro atoms. The molecule has 4 aromatic rings. The molecule has 11 heteroatoms. The quantitative estimate of drug-likeness (QED) is 0.457. The number of halogens is 1. The van der Waals surface area contributed by atoms with E-state index in [1.54, 1.807) is 42.7 Å². The standard InChI is InChI=1S/C23H20ClN9O/c1-12-7-8-17(32(12)20-14(10-25)19(26)30-23(27)31-20)21-29-16-6-2-5-15(24)18(16)22(34)33(21)13-4-3-9-28-11-13/h2-6,9,11-12,17H,7-8H2,1H3,(H4,26,27,30,31)/t12-,17-/m0/s1. The Morgan fingerprint density at radius 1 is 1.15 bits per heavy atom. The van der Waals surface area contributed by atoms with Gasteiger partial charge in [0.05, 0.1) is 33.9 Å². The lowest BCUT2D eigenvalue weighted by molar-refractivity contribution is 0.615. The van der Waals surface area contributed by atoms with Crippen molar-refractivity contribution < 1.29 is 0 Å².